The Bertz CT molecular complexity index is 371. The molecule has 0 saturated carbocycles. The van der Waals surface area contributed by atoms with Crippen LogP contribution in [-0.4, -0.2) is 23.0 Å². The van der Waals surface area contributed by atoms with Gasteiger partial charge in [-0.15, -0.1) is 0 Å². The minimum absolute atomic E-state index is 0.470. The van der Waals surface area contributed by atoms with Crippen molar-refractivity contribution in [3.05, 3.63) is 42.0 Å². The first-order valence-corrected chi connectivity index (χ1v) is 5.61. The van der Waals surface area contributed by atoms with Crippen molar-refractivity contribution in [3.8, 4) is 0 Å². The summed E-state index contributed by atoms with van der Waals surface area (Å²) in [6, 6.07) is 10.8. The molecule has 2 heteroatoms. The fourth-order valence-corrected chi connectivity index (χ4v) is 2.20. The first-order chi connectivity index (χ1) is 7.20. The summed E-state index contributed by atoms with van der Waals surface area (Å²) in [7, 11) is 2.06. The average molecular weight is 217 g/mol. The molecule has 15 heavy (non-hydrogen) atoms. The van der Waals surface area contributed by atoms with E-state index in [1.54, 1.807) is 0 Å². The third-order valence-electron chi connectivity index (χ3n) is 2.98. The van der Waals surface area contributed by atoms with Crippen LogP contribution < -0.4 is 0 Å². The third-order valence-corrected chi connectivity index (χ3v) is 3.64. The topological polar surface area (TPSA) is 3.24 Å². The van der Waals surface area contributed by atoms with Gasteiger partial charge < -0.3 is 4.90 Å². The number of rotatable bonds is 2. The fraction of sp³-hybridized carbons (Fsp3) is 0.308. The van der Waals surface area contributed by atoms with E-state index in [1.807, 2.05) is 6.07 Å². The highest BCUT2D eigenvalue weighted by Gasteiger charge is 2.35. The van der Waals surface area contributed by atoms with Gasteiger partial charge in [-0.3, -0.25) is 0 Å². The maximum Gasteiger partial charge on any atom is 0.0834 e. The molecule has 0 spiro atoms. The molecule has 1 heterocycles. The summed E-state index contributed by atoms with van der Waals surface area (Å²) < 4.78 is 0. The van der Waals surface area contributed by atoms with Gasteiger partial charge in [0.2, 0.25) is 0 Å². The predicted octanol–water partition coefficient (Wildman–Crippen LogP) is 2.98. The molecule has 1 nitrogen and oxygen atoms in total. The molecule has 2 atom stereocenters. The minimum atomic E-state index is 0.470. The lowest BCUT2D eigenvalue weighted by atomic mass is 9.90. The smallest absolute Gasteiger partial charge is 0.0834 e. The van der Waals surface area contributed by atoms with Crippen molar-refractivity contribution >= 4 is 23.3 Å². The lowest BCUT2D eigenvalue weighted by Gasteiger charge is -2.44. The van der Waals surface area contributed by atoms with E-state index in [2.05, 4.69) is 55.3 Å². The molecule has 0 radical (unpaired) electrons. The summed E-state index contributed by atoms with van der Waals surface area (Å²) in [6.07, 6.45) is 4.40. The zero-order chi connectivity index (χ0) is 10.8. The average Bonchev–Trinajstić information content (AvgIpc) is 2.30. The van der Waals surface area contributed by atoms with Crippen molar-refractivity contribution in [3.63, 3.8) is 0 Å². The van der Waals surface area contributed by atoms with Crippen LogP contribution in [-0.2, 0) is 0 Å². The SMILES string of the molecule is C[C@@H]1C(=S)N(C)[C@@H]1/C=C/c1ccccc1. The number of benzene rings is 1. The molecule has 1 aliphatic rings. The highest BCUT2D eigenvalue weighted by atomic mass is 32.1. The van der Waals surface area contributed by atoms with Crippen molar-refractivity contribution in [2.75, 3.05) is 7.05 Å². The quantitative estimate of drug-likeness (QED) is 0.701. The van der Waals surface area contributed by atoms with E-state index in [9.17, 15) is 0 Å². The monoisotopic (exact) mass is 217 g/mol. The van der Waals surface area contributed by atoms with E-state index < -0.39 is 0 Å². The number of likely N-dealkylation sites (tertiary alicyclic amines) is 1. The van der Waals surface area contributed by atoms with E-state index in [4.69, 9.17) is 12.2 Å². The molecule has 0 amide bonds. The van der Waals surface area contributed by atoms with Crippen molar-refractivity contribution in [2.45, 2.75) is 13.0 Å². The Kier molecular flexibility index (Phi) is 2.87. The van der Waals surface area contributed by atoms with Crippen LogP contribution in [0.25, 0.3) is 6.08 Å². The largest absolute Gasteiger partial charge is 0.362 e. The van der Waals surface area contributed by atoms with E-state index in [-0.39, 0.29) is 0 Å². The van der Waals surface area contributed by atoms with Crippen LogP contribution in [0, 0.1) is 5.92 Å². The Hall–Kier alpha value is -1.15. The second kappa shape index (κ2) is 4.15. The van der Waals surface area contributed by atoms with Gasteiger partial charge in [0, 0.05) is 13.0 Å². The second-order valence-corrected chi connectivity index (χ2v) is 4.42. The highest BCUT2D eigenvalue weighted by molar-refractivity contribution is 7.80. The lowest BCUT2D eigenvalue weighted by molar-refractivity contribution is 0.285. The molecule has 0 aromatic heterocycles. The van der Waals surface area contributed by atoms with Crippen molar-refractivity contribution in [1.82, 2.24) is 4.90 Å². The zero-order valence-corrected chi connectivity index (χ0v) is 9.87. The molecule has 0 bridgehead atoms. The van der Waals surface area contributed by atoms with Crippen LogP contribution in [0.15, 0.2) is 36.4 Å². The Labute approximate surface area is 96.4 Å². The highest BCUT2D eigenvalue weighted by Crippen LogP contribution is 2.27. The Morgan fingerprint density at radius 2 is 1.93 bits per heavy atom. The maximum atomic E-state index is 5.23. The summed E-state index contributed by atoms with van der Waals surface area (Å²) in [4.78, 5) is 3.22. The normalized spacial score (nSPS) is 25.7. The Morgan fingerprint density at radius 3 is 2.53 bits per heavy atom. The van der Waals surface area contributed by atoms with E-state index in [0.29, 0.717) is 12.0 Å². The maximum absolute atomic E-state index is 5.23. The van der Waals surface area contributed by atoms with Gasteiger partial charge in [-0.05, 0) is 5.56 Å². The van der Waals surface area contributed by atoms with Gasteiger partial charge in [-0.2, -0.15) is 0 Å². The molecule has 0 N–H and O–H groups in total. The summed E-state index contributed by atoms with van der Waals surface area (Å²) in [5, 5.41) is 0. The van der Waals surface area contributed by atoms with Crippen molar-refractivity contribution in [2.24, 2.45) is 5.92 Å². The van der Waals surface area contributed by atoms with Crippen LogP contribution in [0.3, 0.4) is 0 Å². The Morgan fingerprint density at radius 1 is 1.27 bits per heavy atom. The predicted molar refractivity (Wildman–Crippen MR) is 68.8 cm³/mol. The van der Waals surface area contributed by atoms with Gasteiger partial charge in [-0.1, -0.05) is 61.6 Å². The number of hydrogen-bond donors (Lipinski definition) is 0. The summed E-state index contributed by atoms with van der Waals surface area (Å²) in [6.45, 7) is 2.18. The van der Waals surface area contributed by atoms with Crippen LogP contribution in [0.1, 0.15) is 12.5 Å². The molecule has 1 aromatic carbocycles. The molecule has 2 rings (SSSR count). The van der Waals surface area contributed by atoms with Gasteiger partial charge in [0.1, 0.15) is 0 Å². The standard InChI is InChI=1S/C13H15NS/c1-10-12(14(2)13(10)15)9-8-11-6-4-3-5-7-11/h3-10,12H,1-2H3/b9-8+/t10-,12+/m0/s1. The van der Waals surface area contributed by atoms with Crippen molar-refractivity contribution < 1.29 is 0 Å². The summed E-state index contributed by atoms with van der Waals surface area (Å²) in [5.74, 6) is 0.505. The van der Waals surface area contributed by atoms with Gasteiger partial charge in [0.05, 0.1) is 11.0 Å². The van der Waals surface area contributed by atoms with Crippen molar-refractivity contribution in [1.29, 1.82) is 0 Å². The number of hydrogen-bond acceptors (Lipinski definition) is 1. The first kappa shape index (κ1) is 10.4. The molecule has 1 aromatic rings. The molecule has 0 unspecified atom stereocenters. The van der Waals surface area contributed by atoms with Gasteiger partial charge in [0.25, 0.3) is 0 Å². The van der Waals surface area contributed by atoms with Crippen LogP contribution >= 0.6 is 12.2 Å². The van der Waals surface area contributed by atoms with Gasteiger partial charge >= 0.3 is 0 Å². The summed E-state index contributed by atoms with van der Waals surface area (Å²) >= 11 is 5.23. The summed E-state index contributed by atoms with van der Waals surface area (Å²) in [5.41, 5.74) is 1.25. The van der Waals surface area contributed by atoms with E-state index >= 15 is 0 Å². The van der Waals surface area contributed by atoms with Crippen LogP contribution in [0.2, 0.25) is 0 Å². The third kappa shape index (κ3) is 1.95. The van der Waals surface area contributed by atoms with Crippen LogP contribution in [0.4, 0.5) is 0 Å². The van der Waals surface area contributed by atoms with Gasteiger partial charge in [0.15, 0.2) is 0 Å². The molecule has 1 aliphatic heterocycles. The second-order valence-electron chi connectivity index (χ2n) is 4.00. The molecular weight excluding hydrogens is 202 g/mol. The zero-order valence-electron chi connectivity index (χ0n) is 9.05. The fourth-order valence-electron chi connectivity index (χ4n) is 1.94. The molecule has 1 saturated heterocycles. The molecule has 0 aliphatic carbocycles. The minimum Gasteiger partial charge on any atom is -0.362 e. The Balaban J connectivity index is 2.04. The van der Waals surface area contributed by atoms with Gasteiger partial charge in [-0.25, -0.2) is 0 Å². The number of thiocarbonyl (C=S) groups is 1. The molecule has 1 fully saturated rings. The van der Waals surface area contributed by atoms with E-state index in [0.717, 1.165) is 4.99 Å². The first-order valence-electron chi connectivity index (χ1n) is 5.20. The number of nitrogens with zero attached hydrogens (tertiary/aromatic N) is 1. The molecular formula is C13H15NS. The number of likely N-dealkylation sites (N-methyl/N-ethyl adjacent to an activating group) is 1. The van der Waals surface area contributed by atoms with E-state index in [1.165, 1.54) is 5.56 Å². The molecule has 78 valence electrons. The van der Waals surface area contributed by atoms with Crippen LogP contribution in [0.5, 0.6) is 0 Å². The lowest BCUT2D eigenvalue weighted by Crippen LogP contribution is -2.55.